The van der Waals surface area contributed by atoms with E-state index >= 15 is 0 Å². The Kier molecular flexibility index (Phi) is 5.55. The number of carboxylic acids is 1. The van der Waals surface area contributed by atoms with Crippen LogP contribution in [0.4, 0.5) is 0 Å². The largest absolute Gasteiger partial charge is 0.480 e. The molecular formula is C21H28ClNO4. The molecule has 2 aliphatic rings. The molecule has 1 N–H and O–H groups in total. The van der Waals surface area contributed by atoms with Crippen molar-refractivity contribution >= 4 is 23.5 Å². The maximum atomic E-state index is 13.1. The van der Waals surface area contributed by atoms with Gasteiger partial charge in [0, 0.05) is 5.02 Å². The van der Waals surface area contributed by atoms with Crippen LogP contribution >= 0.6 is 11.6 Å². The number of aliphatic carboxylic acids is 1. The van der Waals surface area contributed by atoms with Crippen LogP contribution in [0.25, 0.3) is 0 Å². The first-order chi connectivity index (χ1) is 12.6. The lowest BCUT2D eigenvalue weighted by atomic mass is 9.70. The molecular weight excluding hydrogens is 366 g/mol. The molecule has 1 saturated carbocycles. The predicted molar refractivity (Wildman–Crippen MR) is 104 cm³/mol. The van der Waals surface area contributed by atoms with Crippen molar-refractivity contribution in [3.05, 3.63) is 34.9 Å². The van der Waals surface area contributed by atoms with Crippen molar-refractivity contribution in [3.8, 4) is 0 Å². The van der Waals surface area contributed by atoms with Gasteiger partial charge in [0.05, 0.1) is 13.0 Å². The third-order valence-electron chi connectivity index (χ3n) is 6.07. The van der Waals surface area contributed by atoms with Gasteiger partial charge in [0.15, 0.2) is 6.04 Å². The number of halogens is 1. The summed E-state index contributed by atoms with van der Waals surface area (Å²) >= 11 is 5.91. The van der Waals surface area contributed by atoms with Crippen molar-refractivity contribution in [2.24, 2.45) is 11.3 Å². The molecule has 0 radical (unpaired) electrons. The first kappa shape index (κ1) is 20.2. The SMILES string of the molecule is CC(C)(C)C1CCC2(CC1)OC[C@H](C(=O)O)N2C(=O)Cc1ccc(Cl)cc1. The van der Waals surface area contributed by atoms with E-state index in [4.69, 9.17) is 16.3 Å². The molecule has 3 rings (SSSR count). The first-order valence-electron chi connectivity index (χ1n) is 9.56. The van der Waals surface area contributed by atoms with Crippen molar-refractivity contribution < 1.29 is 19.4 Å². The maximum absolute atomic E-state index is 13.1. The topological polar surface area (TPSA) is 66.8 Å². The Labute approximate surface area is 165 Å². The number of carbonyl (C=O) groups excluding carboxylic acids is 1. The van der Waals surface area contributed by atoms with Crippen molar-refractivity contribution in [2.45, 2.75) is 64.6 Å². The van der Waals surface area contributed by atoms with Gasteiger partial charge in [-0.3, -0.25) is 9.69 Å². The Bertz CT molecular complexity index is 702. The summed E-state index contributed by atoms with van der Waals surface area (Å²) < 4.78 is 6.01. The van der Waals surface area contributed by atoms with E-state index < -0.39 is 17.7 Å². The fourth-order valence-electron chi connectivity index (χ4n) is 4.43. The molecule has 1 aromatic carbocycles. The second-order valence-corrected chi connectivity index (χ2v) is 9.25. The number of carbonyl (C=O) groups is 2. The van der Waals surface area contributed by atoms with Crippen molar-refractivity contribution in [3.63, 3.8) is 0 Å². The third-order valence-corrected chi connectivity index (χ3v) is 6.33. The number of carboxylic acid groups (broad SMARTS) is 1. The summed E-state index contributed by atoms with van der Waals surface area (Å²) in [7, 11) is 0. The molecule has 1 spiro atoms. The summed E-state index contributed by atoms with van der Waals surface area (Å²) in [5.74, 6) is -0.658. The minimum absolute atomic E-state index is 0.0574. The van der Waals surface area contributed by atoms with E-state index in [1.165, 1.54) is 4.90 Å². The highest BCUT2D eigenvalue weighted by atomic mass is 35.5. The van der Waals surface area contributed by atoms with E-state index in [9.17, 15) is 14.7 Å². The normalized spacial score (nSPS) is 28.5. The second kappa shape index (κ2) is 7.44. The highest BCUT2D eigenvalue weighted by Gasteiger charge is 2.54. The minimum atomic E-state index is -1.01. The lowest BCUT2D eigenvalue weighted by Gasteiger charge is -2.46. The van der Waals surface area contributed by atoms with Gasteiger partial charge in [-0.05, 0) is 54.7 Å². The van der Waals surface area contributed by atoms with Crippen LogP contribution in [0.15, 0.2) is 24.3 Å². The Morgan fingerprint density at radius 3 is 2.33 bits per heavy atom. The predicted octanol–water partition coefficient (Wildman–Crippen LogP) is 4.13. The lowest BCUT2D eigenvalue weighted by molar-refractivity contribution is -0.166. The van der Waals surface area contributed by atoms with Gasteiger partial charge in [-0.1, -0.05) is 44.5 Å². The zero-order valence-corrected chi connectivity index (χ0v) is 17.0. The van der Waals surface area contributed by atoms with Crippen LogP contribution in [0.2, 0.25) is 5.02 Å². The molecule has 0 bridgehead atoms. The van der Waals surface area contributed by atoms with Crippen molar-refractivity contribution in [1.29, 1.82) is 0 Å². The summed E-state index contributed by atoms with van der Waals surface area (Å²) in [4.78, 5) is 26.4. The van der Waals surface area contributed by atoms with Gasteiger partial charge in [0.25, 0.3) is 0 Å². The number of amides is 1. The van der Waals surface area contributed by atoms with E-state index in [1.54, 1.807) is 24.3 Å². The van der Waals surface area contributed by atoms with E-state index in [2.05, 4.69) is 20.8 Å². The Hall–Kier alpha value is -1.59. The van der Waals surface area contributed by atoms with Gasteiger partial charge in [0.1, 0.15) is 5.72 Å². The van der Waals surface area contributed by atoms with Gasteiger partial charge < -0.3 is 9.84 Å². The monoisotopic (exact) mass is 393 g/mol. The summed E-state index contributed by atoms with van der Waals surface area (Å²) in [5, 5.41) is 10.2. The fraction of sp³-hybridized carbons (Fsp3) is 0.619. The van der Waals surface area contributed by atoms with E-state index in [-0.39, 0.29) is 24.3 Å². The van der Waals surface area contributed by atoms with Crippen molar-refractivity contribution in [2.75, 3.05) is 6.61 Å². The van der Waals surface area contributed by atoms with Gasteiger partial charge in [-0.15, -0.1) is 0 Å². The van der Waals surface area contributed by atoms with E-state index in [0.29, 0.717) is 23.8 Å². The van der Waals surface area contributed by atoms with Gasteiger partial charge in [-0.25, -0.2) is 4.79 Å². The Morgan fingerprint density at radius 1 is 1.22 bits per heavy atom. The molecule has 1 heterocycles. The standard InChI is InChI=1S/C21H28ClNO4/c1-20(2,3)15-8-10-21(11-9-15)23(17(13-27-21)19(25)26)18(24)12-14-4-6-16(22)7-5-14/h4-7,15,17H,8-13H2,1-3H3,(H,25,26)/t15?,17-,21?/m1/s1. The molecule has 1 aliphatic carbocycles. The highest BCUT2D eigenvalue weighted by Crippen LogP contribution is 2.47. The summed E-state index contributed by atoms with van der Waals surface area (Å²) in [6.07, 6.45) is 3.38. The third kappa shape index (κ3) is 4.14. The average Bonchev–Trinajstić information content (AvgIpc) is 2.95. The molecule has 1 saturated heterocycles. The molecule has 5 nitrogen and oxygen atoms in total. The molecule has 27 heavy (non-hydrogen) atoms. The van der Waals surface area contributed by atoms with Crippen LogP contribution in [-0.2, 0) is 20.7 Å². The highest BCUT2D eigenvalue weighted by molar-refractivity contribution is 6.30. The quantitative estimate of drug-likeness (QED) is 0.838. The molecule has 1 atom stereocenters. The van der Waals surface area contributed by atoms with Crippen LogP contribution in [0.1, 0.15) is 52.0 Å². The smallest absolute Gasteiger partial charge is 0.328 e. The Balaban J connectivity index is 1.80. The first-order valence-corrected chi connectivity index (χ1v) is 9.93. The lowest BCUT2D eigenvalue weighted by Crippen LogP contribution is -2.56. The van der Waals surface area contributed by atoms with Crippen LogP contribution < -0.4 is 0 Å². The number of hydrogen-bond donors (Lipinski definition) is 1. The maximum Gasteiger partial charge on any atom is 0.328 e. The van der Waals surface area contributed by atoms with E-state index in [0.717, 1.165) is 18.4 Å². The Morgan fingerprint density at radius 2 is 1.81 bits per heavy atom. The molecule has 2 fully saturated rings. The van der Waals surface area contributed by atoms with Crippen LogP contribution in [0.3, 0.4) is 0 Å². The minimum Gasteiger partial charge on any atom is -0.480 e. The summed E-state index contributed by atoms with van der Waals surface area (Å²) in [5.41, 5.74) is 0.234. The van der Waals surface area contributed by atoms with E-state index in [1.807, 2.05) is 0 Å². The van der Waals surface area contributed by atoms with Crippen LogP contribution in [0.5, 0.6) is 0 Å². The molecule has 0 unspecified atom stereocenters. The summed E-state index contributed by atoms with van der Waals surface area (Å²) in [6.45, 7) is 6.75. The van der Waals surface area contributed by atoms with Crippen LogP contribution in [0, 0.1) is 11.3 Å². The second-order valence-electron chi connectivity index (χ2n) is 8.82. The molecule has 1 aromatic rings. The number of hydrogen-bond acceptors (Lipinski definition) is 3. The molecule has 1 amide bonds. The number of nitrogens with zero attached hydrogens (tertiary/aromatic N) is 1. The molecule has 6 heteroatoms. The zero-order chi connectivity index (χ0) is 19.8. The van der Waals surface area contributed by atoms with Crippen molar-refractivity contribution in [1.82, 2.24) is 4.90 Å². The fourth-order valence-corrected chi connectivity index (χ4v) is 4.55. The zero-order valence-electron chi connectivity index (χ0n) is 16.2. The molecule has 0 aromatic heterocycles. The average molecular weight is 394 g/mol. The number of benzene rings is 1. The molecule has 1 aliphatic heterocycles. The van der Waals surface area contributed by atoms with Gasteiger partial charge >= 0.3 is 5.97 Å². The number of ether oxygens (including phenoxy) is 1. The van der Waals surface area contributed by atoms with Gasteiger partial charge in [0.2, 0.25) is 5.91 Å². The van der Waals surface area contributed by atoms with Crippen LogP contribution in [-0.4, -0.2) is 40.3 Å². The van der Waals surface area contributed by atoms with Gasteiger partial charge in [-0.2, -0.15) is 0 Å². The summed E-state index contributed by atoms with van der Waals surface area (Å²) in [6, 6.07) is 6.16. The number of rotatable bonds is 3. The molecule has 148 valence electrons.